The number of ether oxygens (including phenoxy) is 1. The molecule has 1 heterocycles. The topological polar surface area (TPSA) is 44.8 Å². The molecule has 1 atom stereocenters. The summed E-state index contributed by atoms with van der Waals surface area (Å²) >= 11 is 0. The molecule has 0 unspecified atom stereocenters. The summed E-state index contributed by atoms with van der Waals surface area (Å²) in [5.41, 5.74) is 4.51. The van der Waals surface area contributed by atoms with Crippen LogP contribution in [0.25, 0.3) is 0 Å². The van der Waals surface area contributed by atoms with Gasteiger partial charge < -0.3 is 19.9 Å². The Bertz CT molecular complexity index is 811. The van der Waals surface area contributed by atoms with Gasteiger partial charge in [0.15, 0.2) is 6.10 Å². The molecule has 2 aromatic carbocycles. The summed E-state index contributed by atoms with van der Waals surface area (Å²) in [5.74, 6) is 0.708. The largest absolute Gasteiger partial charge is 0.480 e. The number of likely N-dealkylation sites (N-methyl/N-ethyl adjacent to an activating group) is 1. The van der Waals surface area contributed by atoms with Crippen LogP contribution in [0.15, 0.2) is 42.5 Å². The minimum Gasteiger partial charge on any atom is -0.480 e. The lowest BCUT2D eigenvalue weighted by molar-refractivity contribution is -0.128. The van der Waals surface area contributed by atoms with E-state index in [1.165, 1.54) is 5.69 Å². The van der Waals surface area contributed by atoms with Gasteiger partial charge >= 0.3 is 0 Å². The molecule has 0 bridgehead atoms. The number of hydrogen-bond acceptors (Lipinski definition) is 4. The van der Waals surface area contributed by atoms with E-state index >= 15 is 0 Å². The number of amides is 1. The van der Waals surface area contributed by atoms with E-state index in [1.807, 2.05) is 32.9 Å². The predicted octanol–water partition coefficient (Wildman–Crippen LogP) is 3.53. The van der Waals surface area contributed by atoms with Crippen LogP contribution in [0.5, 0.6) is 5.75 Å². The first-order valence-corrected chi connectivity index (χ1v) is 10.5. The first-order valence-electron chi connectivity index (χ1n) is 10.5. The van der Waals surface area contributed by atoms with Gasteiger partial charge in [0.05, 0.1) is 0 Å². The van der Waals surface area contributed by atoms with Crippen molar-refractivity contribution < 1.29 is 9.53 Å². The number of anilines is 1. The Labute approximate surface area is 174 Å². The molecule has 5 nitrogen and oxygen atoms in total. The van der Waals surface area contributed by atoms with Crippen LogP contribution in [0.1, 0.15) is 30.0 Å². The van der Waals surface area contributed by atoms with Crippen LogP contribution in [0.2, 0.25) is 0 Å². The van der Waals surface area contributed by atoms with Gasteiger partial charge in [0.2, 0.25) is 0 Å². The summed E-state index contributed by atoms with van der Waals surface area (Å²) in [6.45, 7) is 10.8. The second-order valence-electron chi connectivity index (χ2n) is 7.96. The number of benzene rings is 2. The van der Waals surface area contributed by atoms with Gasteiger partial charge in [0.25, 0.3) is 5.91 Å². The molecule has 1 fully saturated rings. The number of nitrogens with one attached hydrogen (secondary N) is 1. The Morgan fingerprint density at radius 2 is 1.76 bits per heavy atom. The Morgan fingerprint density at radius 1 is 1.07 bits per heavy atom. The van der Waals surface area contributed by atoms with E-state index in [1.54, 1.807) is 0 Å². The number of nitrogens with zero attached hydrogens (tertiary/aromatic N) is 2. The van der Waals surface area contributed by atoms with Gasteiger partial charge in [-0.3, -0.25) is 4.79 Å². The maximum atomic E-state index is 12.6. The normalized spacial score (nSPS) is 15.8. The zero-order chi connectivity index (χ0) is 20.8. The molecule has 1 amide bonds. The van der Waals surface area contributed by atoms with Crippen molar-refractivity contribution in [1.82, 2.24) is 10.2 Å². The number of hydrogen-bond donors (Lipinski definition) is 1. The van der Waals surface area contributed by atoms with Gasteiger partial charge in [-0.15, -0.1) is 0 Å². The van der Waals surface area contributed by atoms with Crippen LogP contribution in [-0.4, -0.2) is 50.1 Å². The third-order valence-corrected chi connectivity index (χ3v) is 5.55. The molecule has 0 aromatic heterocycles. The zero-order valence-electron chi connectivity index (χ0n) is 18.1. The fourth-order valence-electron chi connectivity index (χ4n) is 3.50. The van der Waals surface area contributed by atoms with Gasteiger partial charge in [-0.1, -0.05) is 31.2 Å². The maximum Gasteiger partial charge on any atom is 0.261 e. The summed E-state index contributed by atoms with van der Waals surface area (Å²) in [6, 6.07) is 14.6. The molecule has 29 heavy (non-hydrogen) atoms. The lowest BCUT2D eigenvalue weighted by atomic mass is 10.1. The average molecular weight is 396 g/mol. The third-order valence-electron chi connectivity index (χ3n) is 5.55. The smallest absolute Gasteiger partial charge is 0.261 e. The van der Waals surface area contributed by atoms with Gasteiger partial charge in [-0.25, -0.2) is 0 Å². The lowest BCUT2D eigenvalue weighted by Gasteiger charge is -2.34. The quantitative estimate of drug-likeness (QED) is 0.779. The number of carbonyl (C=O) groups is 1. The molecular formula is C24H33N3O2. The Balaban J connectivity index is 1.54. The average Bonchev–Trinajstić information content (AvgIpc) is 2.73. The van der Waals surface area contributed by atoms with E-state index in [0.29, 0.717) is 13.0 Å². The Hall–Kier alpha value is -2.53. The van der Waals surface area contributed by atoms with E-state index in [9.17, 15) is 4.79 Å². The number of aryl methyl sites for hydroxylation is 2. The lowest BCUT2D eigenvalue weighted by Crippen LogP contribution is -2.44. The molecule has 5 heteroatoms. The van der Waals surface area contributed by atoms with Crippen LogP contribution >= 0.6 is 0 Å². The summed E-state index contributed by atoms with van der Waals surface area (Å²) < 4.78 is 6.01. The predicted molar refractivity (Wildman–Crippen MR) is 119 cm³/mol. The second-order valence-corrected chi connectivity index (χ2v) is 7.96. The molecule has 1 saturated heterocycles. The molecule has 1 aliphatic heterocycles. The highest BCUT2D eigenvalue weighted by atomic mass is 16.5. The second kappa shape index (κ2) is 9.79. The third kappa shape index (κ3) is 5.73. The fraction of sp³-hybridized carbons (Fsp3) is 0.458. The minimum absolute atomic E-state index is 0.0726. The number of piperazine rings is 1. The van der Waals surface area contributed by atoms with Gasteiger partial charge in [-0.05, 0) is 62.2 Å². The van der Waals surface area contributed by atoms with Crippen LogP contribution < -0.4 is 15.0 Å². The van der Waals surface area contributed by atoms with Crippen LogP contribution in [0.4, 0.5) is 5.69 Å². The zero-order valence-corrected chi connectivity index (χ0v) is 18.1. The van der Waals surface area contributed by atoms with E-state index in [4.69, 9.17) is 4.74 Å². The van der Waals surface area contributed by atoms with Crippen molar-refractivity contribution >= 4 is 11.6 Å². The summed E-state index contributed by atoms with van der Waals surface area (Å²) in [5, 5.41) is 3.02. The molecule has 1 N–H and O–H groups in total. The fourth-order valence-corrected chi connectivity index (χ4v) is 3.50. The van der Waals surface area contributed by atoms with Crippen LogP contribution in [-0.2, 0) is 11.3 Å². The summed E-state index contributed by atoms with van der Waals surface area (Å²) in [6.07, 6.45) is 0.141. The van der Waals surface area contributed by atoms with Crippen LogP contribution in [0.3, 0.4) is 0 Å². The highest BCUT2D eigenvalue weighted by molar-refractivity contribution is 5.81. The number of carbonyl (C=O) groups excluding carboxylic acids is 1. The first kappa shape index (κ1) is 21.2. The molecule has 0 aliphatic carbocycles. The number of rotatable bonds is 7. The van der Waals surface area contributed by atoms with Crippen molar-refractivity contribution in [2.75, 3.05) is 38.1 Å². The molecule has 0 saturated carbocycles. The van der Waals surface area contributed by atoms with Crippen molar-refractivity contribution in [2.45, 2.75) is 39.8 Å². The van der Waals surface area contributed by atoms with Crippen LogP contribution in [0, 0.1) is 13.8 Å². The van der Waals surface area contributed by atoms with Gasteiger partial charge in [0.1, 0.15) is 5.75 Å². The summed E-state index contributed by atoms with van der Waals surface area (Å²) in [7, 11) is 2.16. The van der Waals surface area contributed by atoms with E-state index in [-0.39, 0.29) is 5.91 Å². The molecular weight excluding hydrogens is 362 g/mol. The van der Waals surface area contributed by atoms with Crippen molar-refractivity contribution in [3.05, 3.63) is 59.2 Å². The molecule has 156 valence electrons. The van der Waals surface area contributed by atoms with E-state index in [2.05, 4.69) is 52.5 Å². The highest BCUT2D eigenvalue weighted by Crippen LogP contribution is 2.21. The molecule has 3 rings (SSSR count). The first-order chi connectivity index (χ1) is 14.0. The molecule has 0 radical (unpaired) electrons. The van der Waals surface area contributed by atoms with Gasteiger partial charge in [0, 0.05) is 38.4 Å². The molecule has 2 aromatic rings. The highest BCUT2D eigenvalue weighted by Gasteiger charge is 2.19. The molecule has 0 spiro atoms. The van der Waals surface area contributed by atoms with Crippen molar-refractivity contribution in [3.8, 4) is 5.75 Å². The SMILES string of the molecule is CC[C@@H](Oc1cc(C)ccc1C)C(=O)NCc1ccc(N2CCN(C)CC2)cc1. The molecule has 1 aliphatic rings. The summed E-state index contributed by atoms with van der Waals surface area (Å²) in [4.78, 5) is 17.4. The Morgan fingerprint density at radius 3 is 2.41 bits per heavy atom. The van der Waals surface area contributed by atoms with Gasteiger partial charge in [-0.2, -0.15) is 0 Å². The van der Waals surface area contributed by atoms with E-state index < -0.39 is 6.10 Å². The van der Waals surface area contributed by atoms with E-state index in [0.717, 1.165) is 48.6 Å². The monoisotopic (exact) mass is 395 g/mol. The minimum atomic E-state index is -0.486. The van der Waals surface area contributed by atoms with Crippen molar-refractivity contribution in [3.63, 3.8) is 0 Å². The standard InChI is InChI=1S/C24H33N3O2/c1-5-22(29-23-16-18(2)6-7-19(23)3)24(28)25-17-20-8-10-21(11-9-20)27-14-12-26(4)13-15-27/h6-11,16,22H,5,12-15,17H2,1-4H3,(H,25,28)/t22-/m1/s1. The van der Waals surface area contributed by atoms with Crippen molar-refractivity contribution in [1.29, 1.82) is 0 Å². The van der Waals surface area contributed by atoms with Crippen molar-refractivity contribution in [2.24, 2.45) is 0 Å². The Kier molecular flexibility index (Phi) is 7.15. The maximum absolute atomic E-state index is 12.6.